The zero-order valence-corrected chi connectivity index (χ0v) is 8.51. The Balaban J connectivity index is 2.30. The van der Waals surface area contributed by atoms with Crippen LogP contribution in [-0.2, 0) is 0 Å². The van der Waals surface area contributed by atoms with E-state index in [9.17, 15) is 19.4 Å². The van der Waals surface area contributed by atoms with E-state index < -0.39 is 18.0 Å². The van der Waals surface area contributed by atoms with Gasteiger partial charge in [0.15, 0.2) is 6.29 Å². The number of aliphatic hydroxyl groups excluding tert-OH is 2. The number of β-amino-alcohol motifs (C(OH)–C–C–N with tert-alkyl or cyclic N) is 2. The summed E-state index contributed by atoms with van der Waals surface area (Å²) in [7, 11) is 0. The van der Waals surface area contributed by atoms with E-state index in [1.54, 1.807) is 4.90 Å². The molecule has 1 heterocycles. The summed E-state index contributed by atoms with van der Waals surface area (Å²) >= 11 is 0. The van der Waals surface area contributed by atoms with Gasteiger partial charge in [0.2, 0.25) is 0 Å². The number of nitrogens with zero attached hydrogens (tertiary/aromatic N) is 1. The second-order valence-corrected chi connectivity index (χ2v) is 3.86. The minimum atomic E-state index is -0.829. The first kappa shape index (κ1) is 11.0. The molecule has 0 bridgehead atoms. The SMILES string of the molecule is O=Cc1cc(F)ccc1N1CC(O)C(O)C1. The summed E-state index contributed by atoms with van der Waals surface area (Å²) in [6, 6.07) is 3.86. The van der Waals surface area contributed by atoms with Crippen molar-refractivity contribution >= 4 is 12.0 Å². The van der Waals surface area contributed by atoms with Crippen LogP contribution in [0.4, 0.5) is 10.1 Å². The molecule has 1 fully saturated rings. The van der Waals surface area contributed by atoms with E-state index in [-0.39, 0.29) is 18.7 Å². The fourth-order valence-electron chi connectivity index (χ4n) is 1.87. The van der Waals surface area contributed by atoms with Crippen molar-refractivity contribution in [3.63, 3.8) is 0 Å². The monoisotopic (exact) mass is 225 g/mol. The van der Waals surface area contributed by atoms with Crippen molar-refractivity contribution in [3.05, 3.63) is 29.6 Å². The van der Waals surface area contributed by atoms with Crippen LogP contribution in [0.5, 0.6) is 0 Å². The lowest BCUT2D eigenvalue weighted by molar-refractivity contribution is 0.0572. The summed E-state index contributed by atoms with van der Waals surface area (Å²) < 4.78 is 12.9. The molecule has 5 heteroatoms. The van der Waals surface area contributed by atoms with Gasteiger partial charge in [0.1, 0.15) is 5.82 Å². The van der Waals surface area contributed by atoms with Gasteiger partial charge in [0.25, 0.3) is 0 Å². The molecule has 0 spiro atoms. The van der Waals surface area contributed by atoms with Crippen LogP contribution in [0.2, 0.25) is 0 Å². The standard InChI is InChI=1S/C11H12FNO3/c12-8-1-2-9(7(3-8)6-14)13-4-10(15)11(16)5-13/h1-3,6,10-11,15-16H,4-5H2. The largest absolute Gasteiger partial charge is 0.389 e. The van der Waals surface area contributed by atoms with Gasteiger partial charge in [-0.05, 0) is 18.2 Å². The second-order valence-electron chi connectivity index (χ2n) is 3.86. The molecule has 1 aliphatic rings. The van der Waals surface area contributed by atoms with Gasteiger partial charge < -0.3 is 15.1 Å². The maximum Gasteiger partial charge on any atom is 0.152 e. The number of carbonyl (C=O) groups excluding carboxylic acids is 1. The molecular weight excluding hydrogens is 213 g/mol. The Morgan fingerprint density at radius 3 is 2.50 bits per heavy atom. The summed E-state index contributed by atoms with van der Waals surface area (Å²) in [6.07, 6.45) is -1.09. The molecule has 16 heavy (non-hydrogen) atoms. The Morgan fingerprint density at radius 1 is 1.31 bits per heavy atom. The zero-order chi connectivity index (χ0) is 11.7. The van der Waals surface area contributed by atoms with E-state index in [4.69, 9.17) is 0 Å². The number of carbonyl (C=O) groups is 1. The van der Waals surface area contributed by atoms with E-state index in [1.807, 2.05) is 0 Å². The van der Waals surface area contributed by atoms with E-state index in [2.05, 4.69) is 0 Å². The molecule has 2 N–H and O–H groups in total. The molecular formula is C11H12FNO3. The van der Waals surface area contributed by atoms with E-state index in [0.29, 0.717) is 12.0 Å². The fraction of sp³-hybridized carbons (Fsp3) is 0.364. The number of hydrogen-bond acceptors (Lipinski definition) is 4. The summed E-state index contributed by atoms with van der Waals surface area (Å²) in [5.74, 6) is -0.480. The maximum atomic E-state index is 12.9. The number of aldehydes is 1. The molecule has 2 atom stereocenters. The fourth-order valence-corrected chi connectivity index (χ4v) is 1.87. The highest BCUT2D eigenvalue weighted by Crippen LogP contribution is 2.24. The average Bonchev–Trinajstić information content (AvgIpc) is 2.59. The first-order chi connectivity index (χ1) is 7.61. The van der Waals surface area contributed by atoms with Crippen LogP contribution in [-0.4, -0.2) is 41.8 Å². The van der Waals surface area contributed by atoms with Crippen LogP contribution < -0.4 is 4.90 Å². The van der Waals surface area contributed by atoms with Gasteiger partial charge in [-0.3, -0.25) is 4.79 Å². The van der Waals surface area contributed by atoms with Gasteiger partial charge in [-0.2, -0.15) is 0 Å². The highest BCUT2D eigenvalue weighted by Gasteiger charge is 2.30. The van der Waals surface area contributed by atoms with E-state index in [1.165, 1.54) is 12.1 Å². The van der Waals surface area contributed by atoms with Crippen molar-refractivity contribution in [2.45, 2.75) is 12.2 Å². The normalized spacial score (nSPS) is 24.8. The van der Waals surface area contributed by atoms with Crippen LogP contribution in [0.3, 0.4) is 0 Å². The predicted octanol–water partition coefficient (Wildman–Crippen LogP) is 0.180. The van der Waals surface area contributed by atoms with Crippen molar-refractivity contribution in [1.82, 2.24) is 0 Å². The first-order valence-corrected chi connectivity index (χ1v) is 4.97. The van der Waals surface area contributed by atoms with Crippen molar-refractivity contribution in [2.75, 3.05) is 18.0 Å². The Bertz CT molecular complexity index is 400. The summed E-state index contributed by atoms with van der Waals surface area (Å²) in [5.41, 5.74) is 0.758. The molecule has 0 saturated carbocycles. The number of halogens is 1. The van der Waals surface area contributed by atoms with Crippen LogP contribution >= 0.6 is 0 Å². The molecule has 4 nitrogen and oxygen atoms in total. The van der Waals surface area contributed by atoms with Gasteiger partial charge in [-0.15, -0.1) is 0 Å². The van der Waals surface area contributed by atoms with Gasteiger partial charge in [0.05, 0.1) is 12.2 Å². The molecule has 0 aliphatic carbocycles. The first-order valence-electron chi connectivity index (χ1n) is 4.97. The van der Waals surface area contributed by atoms with E-state index in [0.717, 1.165) is 6.07 Å². The lowest BCUT2D eigenvalue weighted by atomic mass is 10.1. The number of benzene rings is 1. The average molecular weight is 225 g/mol. The molecule has 1 aliphatic heterocycles. The van der Waals surface area contributed by atoms with Crippen LogP contribution in [0.1, 0.15) is 10.4 Å². The van der Waals surface area contributed by atoms with Gasteiger partial charge in [0, 0.05) is 24.3 Å². The minimum Gasteiger partial charge on any atom is -0.389 e. The van der Waals surface area contributed by atoms with Crippen LogP contribution in [0, 0.1) is 5.82 Å². The summed E-state index contributed by atoms with van der Waals surface area (Å²) in [6.45, 7) is 0.487. The molecule has 86 valence electrons. The summed E-state index contributed by atoms with van der Waals surface area (Å²) in [5, 5.41) is 18.8. The maximum absolute atomic E-state index is 12.9. The quantitative estimate of drug-likeness (QED) is 0.705. The molecule has 2 rings (SSSR count). The van der Waals surface area contributed by atoms with Crippen molar-refractivity contribution in [2.24, 2.45) is 0 Å². The molecule has 2 unspecified atom stereocenters. The molecule has 1 aromatic carbocycles. The molecule has 1 aromatic rings. The zero-order valence-electron chi connectivity index (χ0n) is 8.51. The molecule has 1 saturated heterocycles. The Morgan fingerprint density at radius 2 is 1.94 bits per heavy atom. The lowest BCUT2D eigenvalue weighted by Crippen LogP contribution is -2.22. The lowest BCUT2D eigenvalue weighted by Gasteiger charge is -2.19. The van der Waals surface area contributed by atoms with Gasteiger partial charge in [-0.1, -0.05) is 0 Å². The highest BCUT2D eigenvalue weighted by molar-refractivity contribution is 5.84. The third kappa shape index (κ3) is 1.91. The Hall–Kier alpha value is -1.46. The van der Waals surface area contributed by atoms with E-state index >= 15 is 0 Å². The molecule has 0 aromatic heterocycles. The number of rotatable bonds is 2. The third-order valence-corrected chi connectivity index (χ3v) is 2.72. The molecule has 0 radical (unpaired) electrons. The minimum absolute atomic E-state index is 0.223. The van der Waals surface area contributed by atoms with Gasteiger partial charge in [-0.25, -0.2) is 4.39 Å². The number of anilines is 1. The number of hydrogen-bond donors (Lipinski definition) is 2. The Kier molecular flexibility index (Phi) is 2.89. The van der Waals surface area contributed by atoms with Crippen molar-refractivity contribution in [3.8, 4) is 0 Å². The van der Waals surface area contributed by atoms with Crippen molar-refractivity contribution < 1.29 is 19.4 Å². The topological polar surface area (TPSA) is 60.8 Å². The predicted molar refractivity (Wildman–Crippen MR) is 56.0 cm³/mol. The van der Waals surface area contributed by atoms with Crippen LogP contribution in [0.15, 0.2) is 18.2 Å². The van der Waals surface area contributed by atoms with Crippen LogP contribution in [0.25, 0.3) is 0 Å². The smallest absolute Gasteiger partial charge is 0.152 e. The summed E-state index contributed by atoms with van der Waals surface area (Å²) in [4.78, 5) is 12.4. The van der Waals surface area contributed by atoms with Crippen molar-refractivity contribution in [1.29, 1.82) is 0 Å². The van der Waals surface area contributed by atoms with Gasteiger partial charge >= 0.3 is 0 Å². The third-order valence-electron chi connectivity index (χ3n) is 2.72. The molecule has 0 amide bonds. The number of aliphatic hydroxyl groups is 2. The second kappa shape index (κ2) is 4.19. The Labute approximate surface area is 91.9 Å². The highest BCUT2D eigenvalue weighted by atomic mass is 19.1.